The number of ether oxygens (including phenoxy) is 3. The summed E-state index contributed by atoms with van der Waals surface area (Å²) in [7, 11) is 5.99. The van der Waals surface area contributed by atoms with E-state index in [0.29, 0.717) is 99.5 Å². The van der Waals surface area contributed by atoms with Gasteiger partial charge < -0.3 is 71.1 Å². The summed E-state index contributed by atoms with van der Waals surface area (Å²) in [4.78, 5) is 185. The number of aliphatic hydroxyl groups excluding tert-OH is 1. The third-order valence-corrected chi connectivity index (χ3v) is 26.8. The molecule has 4 amide bonds. The van der Waals surface area contributed by atoms with Gasteiger partial charge in [-0.15, -0.1) is 0 Å². The number of aliphatic hydroxyl groups is 3. The second kappa shape index (κ2) is 40.3. The molecule has 3 fully saturated rings. The number of carboxylic acids is 3. The zero-order chi connectivity index (χ0) is 87.1. The number of hydrogen-bond donors (Lipinski definition) is 13. The minimum Gasteiger partial charge on any atom is -0.496 e. The van der Waals surface area contributed by atoms with Gasteiger partial charge in [0.2, 0.25) is 17.8 Å². The summed E-state index contributed by atoms with van der Waals surface area (Å²) in [5.74, 6) is -7.63. The van der Waals surface area contributed by atoms with Gasteiger partial charge >= 0.3 is 30.2 Å². The summed E-state index contributed by atoms with van der Waals surface area (Å²) in [6.45, 7) is 4.76. The van der Waals surface area contributed by atoms with E-state index in [2.05, 4.69) is 68.3 Å². The molecule has 2 unspecified atom stereocenters. The first kappa shape index (κ1) is 91.0. The predicted octanol–water partition coefficient (Wildman–Crippen LogP) is 2.06. The number of fused-ring (bicyclic) bond motifs is 6. The molecule has 3 aromatic carbocycles. The molecule has 14 N–H and O–H groups in total. The Kier molecular flexibility index (Phi) is 30.3. The molecular formula is C82H103N15O22S2. The molecular weight excluding hydrogens is 1610 g/mol. The summed E-state index contributed by atoms with van der Waals surface area (Å²) in [6, 6.07) is 16.8. The van der Waals surface area contributed by atoms with Crippen molar-refractivity contribution >= 4 is 121 Å². The number of rotatable bonds is 39. The van der Waals surface area contributed by atoms with Gasteiger partial charge in [0.15, 0.2) is 22.5 Å². The van der Waals surface area contributed by atoms with Gasteiger partial charge in [0.25, 0.3) is 17.9 Å². The number of carbonyl (C=O) groups excluding carboxylic acids is 9. The quantitative estimate of drug-likeness (QED) is 0.00656. The first-order valence-corrected chi connectivity index (χ1v) is 42.6. The maximum atomic E-state index is 15.1. The van der Waals surface area contributed by atoms with E-state index in [-0.39, 0.29) is 131 Å². The first-order valence-electron chi connectivity index (χ1n) is 40.1. The number of nitrogen functional groups attached to an aromatic ring is 1. The van der Waals surface area contributed by atoms with E-state index >= 15 is 4.79 Å². The molecule has 5 aliphatic heterocycles. The number of benzene rings is 3. The number of piperidine rings is 1. The van der Waals surface area contributed by atoms with Crippen molar-refractivity contribution in [3.05, 3.63) is 128 Å². The molecule has 12 rings (SSSR count). The second-order valence-electron chi connectivity index (χ2n) is 31.5. The Labute approximate surface area is 703 Å². The number of likely N-dealkylation sites (N-methyl/N-ethyl adjacent to an activating group) is 1. The molecule has 650 valence electrons. The lowest BCUT2D eigenvalue weighted by atomic mass is 9.52. The lowest BCUT2D eigenvalue weighted by Crippen LogP contribution is -2.79. The van der Waals surface area contributed by atoms with Crippen LogP contribution < -0.4 is 42.4 Å². The van der Waals surface area contributed by atoms with Gasteiger partial charge in [-0.1, -0.05) is 82.6 Å². The van der Waals surface area contributed by atoms with Crippen LogP contribution in [-0.4, -0.2) is 294 Å². The number of Topliss-reactive ketones (excluding diaryl/α,β-unsaturated/α-hetero) is 2. The number of H-pyrrole nitrogens is 2. The molecule has 10 atom stereocenters. The summed E-state index contributed by atoms with van der Waals surface area (Å²) in [5, 5.41) is 74.6. The van der Waals surface area contributed by atoms with E-state index < -0.39 is 118 Å². The van der Waals surface area contributed by atoms with Gasteiger partial charge in [0.1, 0.15) is 30.9 Å². The van der Waals surface area contributed by atoms with Crippen LogP contribution in [0.4, 0.5) is 16.4 Å². The number of anilines is 2. The highest BCUT2D eigenvalue weighted by molar-refractivity contribution is 8.76. The Morgan fingerprint density at radius 1 is 0.843 bits per heavy atom. The Hall–Kier alpha value is -10.7. The summed E-state index contributed by atoms with van der Waals surface area (Å²) in [6.07, 6.45) is 4.58. The SMILES string of the molecule is CC[C@]1(O)CCCN2CCc3c([nH]c4ccccc34)[C@@](COC=O)(c3cc4c(cc3OC)N(C)[C@H]3[C@](O)(C(=O)NNC(=O)OCCSSCCNC(=O)CN(CCN(CC(=O)O)CC(=O)CCCNC(=O)CC[C@@H](CC(=O)c5ccc(CCc6cnc7nc(N)[nH]c(=O)c7n6)cc5)C(=O)O)CC(=O)O)[C@H](O)C5C(C)=CCN6CC[C@]43[C@H]56)CC21.O=C=O. The van der Waals surface area contributed by atoms with E-state index in [1.165, 1.54) is 37.6 Å². The van der Waals surface area contributed by atoms with Crippen LogP contribution in [0, 0.1) is 11.8 Å². The zero-order valence-corrected chi connectivity index (χ0v) is 69.3. The van der Waals surface area contributed by atoms with Gasteiger partial charge in [-0.2, -0.15) is 14.6 Å². The number of carbonyl (C=O) groups is 10. The number of amides is 4. The van der Waals surface area contributed by atoms with Gasteiger partial charge in [-0.05, 0) is 113 Å². The number of ketones is 2. The number of aliphatic carboxylic acids is 3. The van der Waals surface area contributed by atoms with Crippen molar-refractivity contribution in [1.82, 2.24) is 66.0 Å². The van der Waals surface area contributed by atoms with Gasteiger partial charge in [-0.25, -0.2) is 20.2 Å². The maximum Gasteiger partial charge on any atom is 0.426 e. The third-order valence-electron chi connectivity index (χ3n) is 24.4. The minimum absolute atomic E-state index is 0.0328. The Morgan fingerprint density at radius 3 is 2.27 bits per heavy atom. The molecule has 39 heteroatoms. The Morgan fingerprint density at radius 2 is 1.56 bits per heavy atom. The lowest BCUT2D eigenvalue weighted by Gasteiger charge is -2.59. The lowest BCUT2D eigenvalue weighted by molar-refractivity contribution is -0.192. The largest absolute Gasteiger partial charge is 0.496 e. The van der Waals surface area contributed by atoms with E-state index in [4.69, 9.17) is 29.5 Å². The Balaban J connectivity index is 0.00000470. The van der Waals surface area contributed by atoms with E-state index in [9.17, 15) is 78.6 Å². The van der Waals surface area contributed by atoms with Crippen LogP contribution in [0.1, 0.15) is 122 Å². The van der Waals surface area contributed by atoms with Crippen LogP contribution in [0.25, 0.3) is 22.1 Å². The number of carboxylic acid groups (broad SMARTS) is 3. The topological polar surface area (TPSA) is 532 Å². The van der Waals surface area contributed by atoms with Crippen LogP contribution in [-0.2, 0) is 87.5 Å². The number of methoxy groups -OCH3 is 1. The summed E-state index contributed by atoms with van der Waals surface area (Å²) in [5.41, 5.74) is 11.4. The molecule has 0 radical (unpaired) electrons. The molecule has 6 aromatic rings. The fourth-order valence-electron chi connectivity index (χ4n) is 18.8. The van der Waals surface area contributed by atoms with Crippen molar-refractivity contribution in [2.45, 2.75) is 144 Å². The van der Waals surface area contributed by atoms with Crippen molar-refractivity contribution in [3.63, 3.8) is 0 Å². The minimum atomic E-state index is -2.59. The smallest absolute Gasteiger partial charge is 0.426 e. The van der Waals surface area contributed by atoms with Crippen LogP contribution in [0.3, 0.4) is 0 Å². The van der Waals surface area contributed by atoms with Crippen LogP contribution in [0.5, 0.6) is 5.75 Å². The monoisotopic (exact) mass is 1710 g/mol. The average molecular weight is 1710 g/mol. The van der Waals surface area contributed by atoms with Gasteiger partial charge in [-0.3, -0.25) is 78.0 Å². The van der Waals surface area contributed by atoms with Crippen molar-refractivity contribution in [2.75, 3.05) is 128 Å². The van der Waals surface area contributed by atoms with Crippen molar-refractivity contribution < 1.29 is 102 Å². The van der Waals surface area contributed by atoms with Crippen LogP contribution >= 0.6 is 21.6 Å². The van der Waals surface area contributed by atoms with Gasteiger partial charge in [0.05, 0.1) is 68.2 Å². The Bertz CT molecular complexity index is 4970. The second-order valence-corrected chi connectivity index (χ2v) is 34.2. The molecule has 1 spiro atoms. The standard InChI is InChI=1S/C81H103N15O20S2.CO2/c1-5-79(112)23-9-27-95-29-22-54-53-11-6-7-12-57(53)87-68(54)78(39-61(79)95,45-115-46-97)56-37-55-58(38-60(56)114-4)92(3)74-80(55)24-30-96-28-21-47(2)66(69(80)96)70(106)81(74,113)75(110)90-91-77(111)116-33-35-118-117-34-26-84-63(101)42-94(44-65(104)105)32-31-93(43-64(102)103)41-52(98)10-8-25-83-62(100)20-18-50(73(108)109)36-59(99)49-16-13-48(14-17-49)15-19-51-40-85-71-67(86-51)72(107)89-76(82)88-71;2-1-3/h6-7,11-14,16-17,21,37-38,40,46,50,61,66,69-70,74,87,106,112-113H,5,8-10,15,18-20,22-36,39,41-45H2,1-4H3,(H,83,100)(H,84,101)(H,90,110)(H,91,111)(H,102,103)(H,104,105)(H,108,109)(H3,82,85,88,89,107);/t50-,61?,66?,69-,70+,74+,78-,79-,80+,81-;/m0./s1. The normalized spacial score (nSPS) is 22.9. The molecule has 0 bridgehead atoms. The van der Waals surface area contributed by atoms with Crippen LogP contribution in [0.15, 0.2) is 83.3 Å². The number of hydrazine groups is 1. The first-order chi connectivity index (χ1) is 58.0. The fraction of sp³-hybridized carbons (Fsp3) is 0.524. The molecule has 121 heavy (non-hydrogen) atoms. The average Bonchev–Trinajstić information content (AvgIpc) is 1.50. The number of nitrogens with two attached hydrogens (primary N) is 1. The number of nitrogens with one attached hydrogen (secondary N) is 6. The summed E-state index contributed by atoms with van der Waals surface area (Å²) >= 11 is 0. The summed E-state index contributed by atoms with van der Waals surface area (Å²) < 4.78 is 17.9. The van der Waals surface area contributed by atoms with Crippen molar-refractivity contribution in [2.24, 2.45) is 11.8 Å². The molecule has 6 aliphatic rings. The number of aromatic nitrogens is 5. The third kappa shape index (κ3) is 20.2. The molecule has 3 aromatic heterocycles. The highest BCUT2D eigenvalue weighted by atomic mass is 33.1. The van der Waals surface area contributed by atoms with E-state index in [1.807, 2.05) is 49.1 Å². The molecule has 1 saturated carbocycles. The number of nitrogens with zero attached hydrogens (tertiary/aromatic N) is 8. The fourth-order valence-corrected chi connectivity index (χ4v) is 20.5. The highest BCUT2D eigenvalue weighted by Gasteiger charge is 2.76. The number of aryl methyl sites for hydroxylation is 2. The van der Waals surface area contributed by atoms with Gasteiger partial charge in [0, 0.05) is 140 Å². The molecule has 1 aliphatic carbocycles. The molecule has 8 heterocycles. The molecule has 37 nitrogen and oxygen atoms in total. The van der Waals surface area contributed by atoms with Crippen LogP contribution in [0.2, 0.25) is 0 Å². The van der Waals surface area contributed by atoms with E-state index in [1.54, 1.807) is 38.4 Å². The number of hydrogen-bond acceptors (Lipinski definition) is 30. The van der Waals surface area contributed by atoms with E-state index in [0.717, 1.165) is 51.8 Å². The van der Waals surface area contributed by atoms with Crippen molar-refractivity contribution in [3.8, 4) is 5.75 Å². The van der Waals surface area contributed by atoms with Crippen molar-refractivity contribution in [1.29, 1.82) is 0 Å². The number of aromatic amines is 2. The molecule has 2 saturated heterocycles. The number of para-hydroxylation sites is 1. The predicted molar refractivity (Wildman–Crippen MR) is 441 cm³/mol. The zero-order valence-electron chi connectivity index (χ0n) is 67.7. The highest BCUT2D eigenvalue weighted by Crippen LogP contribution is 2.65. The maximum absolute atomic E-state index is 15.1.